The Morgan fingerprint density at radius 2 is 1.71 bits per heavy atom. The van der Waals surface area contributed by atoms with Crippen molar-refractivity contribution >= 4 is 5.91 Å². The van der Waals surface area contributed by atoms with E-state index in [-0.39, 0.29) is 30.9 Å². The molecule has 2 aliphatic heterocycles. The Hall–Kier alpha value is -4.19. The zero-order valence-electron chi connectivity index (χ0n) is 22.9. The number of likely N-dealkylation sites (N-methyl/N-ethyl adjacent to an activating group) is 1. The molecule has 11 heteroatoms. The number of hydrogen-bond donors (Lipinski definition) is 1. The van der Waals surface area contributed by atoms with Crippen LogP contribution in [0.15, 0.2) is 66.9 Å². The maximum absolute atomic E-state index is 13.7. The van der Waals surface area contributed by atoms with Crippen molar-refractivity contribution in [2.45, 2.75) is 13.2 Å². The van der Waals surface area contributed by atoms with Crippen LogP contribution in [0.2, 0.25) is 0 Å². The topological polar surface area (TPSA) is 106 Å². The molecule has 1 N–H and O–H groups in total. The minimum atomic E-state index is -0.821. The number of carbonyl (C=O) groups excluding carboxylic acids is 1. The molecule has 2 aromatic carbocycles. The van der Waals surface area contributed by atoms with Crippen LogP contribution in [-0.4, -0.2) is 82.1 Å². The predicted octanol–water partition coefficient (Wildman–Crippen LogP) is 4.29. The molecule has 2 aromatic heterocycles. The van der Waals surface area contributed by atoms with Gasteiger partial charge in [0.25, 0.3) is 0 Å². The molecule has 41 heavy (non-hydrogen) atoms. The lowest BCUT2D eigenvalue weighted by Crippen LogP contribution is -2.55. The van der Waals surface area contributed by atoms with Crippen LogP contribution in [0, 0.1) is 11.2 Å². The first-order valence-electron chi connectivity index (χ1n) is 13.5. The largest absolute Gasteiger partial charge is 0.424 e. The van der Waals surface area contributed by atoms with Crippen LogP contribution < -0.4 is 4.74 Å². The lowest BCUT2D eigenvalue weighted by Gasteiger charge is -2.41. The van der Waals surface area contributed by atoms with Gasteiger partial charge in [-0.3, -0.25) is 4.79 Å². The number of aromatic nitrogens is 4. The van der Waals surface area contributed by atoms with Crippen LogP contribution >= 0.6 is 0 Å². The smallest absolute Gasteiger partial charge is 0.322 e. The molecule has 2 saturated heterocycles. The number of carbonyl (C=O) groups is 1. The molecule has 4 heterocycles. The molecule has 10 nitrogen and oxygen atoms in total. The van der Waals surface area contributed by atoms with Crippen LogP contribution in [-0.2, 0) is 14.3 Å². The number of nitrogens with one attached hydrogen (secondary N) is 1. The molecule has 212 valence electrons. The lowest BCUT2D eigenvalue weighted by atomic mass is 9.90. The number of H-pyrrole nitrogens is 1. The molecule has 0 aliphatic carbocycles. The van der Waals surface area contributed by atoms with Crippen molar-refractivity contribution < 1.29 is 23.4 Å². The highest BCUT2D eigenvalue weighted by Gasteiger charge is 2.43. The van der Waals surface area contributed by atoms with E-state index in [1.807, 2.05) is 42.2 Å². The summed E-state index contributed by atoms with van der Waals surface area (Å²) in [5.41, 5.74) is 1.52. The summed E-state index contributed by atoms with van der Waals surface area (Å²) < 4.78 is 31.7. The van der Waals surface area contributed by atoms with Gasteiger partial charge in [-0.15, -0.1) is 0 Å². The average Bonchev–Trinajstić information content (AvgIpc) is 3.44. The van der Waals surface area contributed by atoms with E-state index < -0.39 is 11.7 Å². The van der Waals surface area contributed by atoms with Crippen molar-refractivity contribution in [2.75, 3.05) is 46.4 Å². The number of hydrogen-bond acceptors (Lipinski definition) is 8. The fourth-order valence-electron chi connectivity index (χ4n) is 4.91. The molecular weight excluding hydrogens is 527 g/mol. The van der Waals surface area contributed by atoms with Crippen molar-refractivity contribution in [1.29, 1.82) is 0 Å². The Morgan fingerprint density at radius 3 is 2.41 bits per heavy atom. The second-order valence-electron chi connectivity index (χ2n) is 10.6. The number of imidazole rings is 1. The van der Waals surface area contributed by atoms with E-state index in [1.165, 1.54) is 12.1 Å². The maximum atomic E-state index is 13.7. The third-order valence-electron chi connectivity index (χ3n) is 7.32. The number of rotatable bonds is 6. The lowest BCUT2D eigenvalue weighted by molar-refractivity contribution is -0.234. The quantitative estimate of drug-likeness (QED) is 0.374. The van der Waals surface area contributed by atoms with Crippen molar-refractivity contribution in [3.8, 4) is 34.4 Å². The number of benzene rings is 2. The number of halogens is 1. The van der Waals surface area contributed by atoms with Crippen LogP contribution in [0.4, 0.5) is 4.39 Å². The van der Waals surface area contributed by atoms with Gasteiger partial charge in [0.2, 0.25) is 12.2 Å². The molecule has 0 spiro atoms. The van der Waals surface area contributed by atoms with Gasteiger partial charge in [0.1, 0.15) is 11.6 Å². The van der Waals surface area contributed by atoms with Gasteiger partial charge in [0.15, 0.2) is 5.82 Å². The minimum absolute atomic E-state index is 0.0307. The number of amides is 1. The summed E-state index contributed by atoms with van der Waals surface area (Å²) in [6.07, 6.45) is 0.775. The van der Waals surface area contributed by atoms with E-state index in [1.54, 1.807) is 24.4 Å². The standard InChI is InChI=1S/C30H31FN6O4/c1-30(28(38)37-16-14-36(2)15-17-37)18-39-27(40-19-30)26-34-24(20-8-10-21(31)11-9-20)25(35-26)23-12-13-32-29(33-23)41-22-6-4-3-5-7-22/h3-13,27H,14-19H2,1-2H3,(H,34,35). The molecule has 0 bridgehead atoms. The first kappa shape index (κ1) is 27.0. The number of ether oxygens (including phenoxy) is 3. The summed E-state index contributed by atoms with van der Waals surface area (Å²) in [6, 6.07) is 17.2. The number of nitrogens with zero attached hydrogens (tertiary/aromatic N) is 5. The second-order valence-corrected chi connectivity index (χ2v) is 10.6. The fraction of sp³-hybridized carbons (Fsp3) is 0.333. The normalized spacial score (nSPS) is 21.5. The van der Waals surface area contributed by atoms with E-state index in [9.17, 15) is 9.18 Å². The Bertz CT molecular complexity index is 1500. The van der Waals surface area contributed by atoms with E-state index in [0.717, 1.165) is 13.1 Å². The molecule has 0 atom stereocenters. The summed E-state index contributed by atoms with van der Waals surface area (Å²) >= 11 is 0. The first-order valence-corrected chi connectivity index (χ1v) is 13.5. The zero-order valence-corrected chi connectivity index (χ0v) is 22.9. The molecule has 0 unspecified atom stereocenters. The molecule has 0 saturated carbocycles. The minimum Gasteiger partial charge on any atom is -0.424 e. The number of aromatic amines is 1. The average molecular weight is 559 g/mol. The Kier molecular flexibility index (Phi) is 7.48. The van der Waals surface area contributed by atoms with Gasteiger partial charge >= 0.3 is 6.01 Å². The van der Waals surface area contributed by atoms with E-state index in [0.29, 0.717) is 47.3 Å². The van der Waals surface area contributed by atoms with E-state index >= 15 is 0 Å². The van der Waals surface area contributed by atoms with E-state index in [2.05, 4.69) is 26.9 Å². The first-order chi connectivity index (χ1) is 19.9. The summed E-state index contributed by atoms with van der Waals surface area (Å²) in [6.45, 7) is 5.30. The molecule has 6 rings (SSSR count). The van der Waals surface area contributed by atoms with Gasteiger partial charge in [-0.25, -0.2) is 14.4 Å². The maximum Gasteiger partial charge on any atom is 0.322 e. The fourth-order valence-corrected chi connectivity index (χ4v) is 4.91. The van der Waals surface area contributed by atoms with Crippen LogP contribution in [0.3, 0.4) is 0 Å². The van der Waals surface area contributed by atoms with Crippen molar-refractivity contribution in [3.63, 3.8) is 0 Å². The molecule has 2 fully saturated rings. The SMILES string of the molecule is CN1CCN(C(=O)C2(C)COC(c3nc(-c4ccc(F)cc4)c(-c4ccnc(Oc5ccccc5)n4)[nH]3)OC2)CC1. The molecule has 4 aromatic rings. The van der Waals surface area contributed by atoms with Gasteiger partial charge < -0.3 is 29.0 Å². The van der Waals surface area contributed by atoms with Gasteiger partial charge in [0.05, 0.1) is 35.7 Å². The Morgan fingerprint density at radius 1 is 1.00 bits per heavy atom. The van der Waals surface area contributed by atoms with Crippen molar-refractivity contribution in [1.82, 2.24) is 29.7 Å². The van der Waals surface area contributed by atoms with Crippen LogP contribution in [0.1, 0.15) is 19.0 Å². The summed E-state index contributed by atoms with van der Waals surface area (Å²) in [4.78, 5) is 34.3. The number of piperazine rings is 1. The van der Waals surface area contributed by atoms with Gasteiger partial charge in [-0.05, 0) is 56.4 Å². The Labute approximate surface area is 237 Å². The highest BCUT2D eigenvalue weighted by molar-refractivity contribution is 5.83. The van der Waals surface area contributed by atoms with Crippen molar-refractivity contribution in [3.05, 3.63) is 78.5 Å². The zero-order chi connectivity index (χ0) is 28.4. The third kappa shape index (κ3) is 5.83. The molecule has 1 amide bonds. The predicted molar refractivity (Wildman–Crippen MR) is 148 cm³/mol. The third-order valence-corrected chi connectivity index (χ3v) is 7.32. The Balaban J connectivity index is 1.26. The molecular formula is C30H31FN6O4. The van der Waals surface area contributed by atoms with E-state index in [4.69, 9.17) is 19.2 Å². The van der Waals surface area contributed by atoms with Gasteiger partial charge in [0, 0.05) is 37.9 Å². The summed E-state index contributed by atoms with van der Waals surface area (Å²) in [5.74, 6) is 0.697. The van der Waals surface area contributed by atoms with Crippen molar-refractivity contribution in [2.24, 2.45) is 5.41 Å². The molecule has 0 radical (unpaired) electrons. The number of para-hydroxylation sites is 1. The van der Waals surface area contributed by atoms with Gasteiger partial charge in [-0.1, -0.05) is 18.2 Å². The molecule has 2 aliphatic rings. The van der Waals surface area contributed by atoms with Crippen LogP contribution in [0.25, 0.3) is 22.6 Å². The van der Waals surface area contributed by atoms with Gasteiger partial charge in [-0.2, -0.15) is 4.98 Å². The monoisotopic (exact) mass is 558 g/mol. The highest BCUT2D eigenvalue weighted by atomic mass is 19.1. The second kappa shape index (κ2) is 11.4. The summed E-state index contributed by atoms with van der Waals surface area (Å²) in [5, 5.41) is 0. The summed E-state index contributed by atoms with van der Waals surface area (Å²) in [7, 11) is 2.05. The van der Waals surface area contributed by atoms with Crippen LogP contribution in [0.5, 0.6) is 11.8 Å². The highest BCUT2D eigenvalue weighted by Crippen LogP contribution is 2.36.